The number of amides is 1. The van der Waals surface area contributed by atoms with Gasteiger partial charge in [-0.2, -0.15) is 0 Å². The zero-order valence-electron chi connectivity index (χ0n) is 11.7. The molecule has 5 heteroatoms. The van der Waals surface area contributed by atoms with Crippen molar-refractivity contribution in [2.45, 2.75) is 51.7 Å². The fraction of sp³-hybridized carbons (Fsp3) is 0.714. The van der Waals surface area contributed by atoms with E-state index in [1.54, 1.807) is 11.9 Å². The third-order valence-corrected chi connectivity index (χ3v) is 3.50. The summed E-state index contributed by atoms with van der Waals surface area (Å²) >= 11 is 0. The number of aromatic nitrogens is 1. The molecule has 1 aromatic heterocycles. The molecule has 0 radical (unpaired) electrons. The van der Waals surface area contributed by atoms with Crippen LogP contribution in [0.25, 0.3) is 0 Å². The molecule has 1 aromatic rings. The van der Waals surface area contributed by atoms with E-state index >= 15 is 0 Å². The smallest absolute Gasteiger partial charge is 0.248 e. The van der Waals surface area contributed by atoms with Crippen molar-refractivity contribution in [3.8, 4) is 0 Å². The molecule has 0 unspecified atom stereocenters. The van der Waals surface area contributed by atoms with Gasteiger partial charge in [0.05, 0.1) is 12.6 Å². The van der Waals surface area contributed by atoms with Crippen LogP contribution in [0.3, 0.4) is 0 Å². The van der Waals surface area contributed by atoms with Crippen LogP contribution >= 0.6 is 0 Å². The minimum Gasteiger partial charge on any atom is -0.368 e. The van der Waals surface area contributed by atoms with Crippen molar-refractivity contribution in [3.63, 3.8) is 0 Å². The Hall–Kier alpha value is -1.36. The molecule has 0 spiro atoms. The third-order valence-electron chi connectivity index (χ3n) is 3.50. The number of carbonyl (C=O) groups excluding carboxylic acids is 1. The van der Waals surface area contributed by atoms with E-state index in [4.69, 9.17) is 9.26 Å². The van der Waals surface area contributed by atoms with Crippen LogP contribution in [0.5, 0.6) is 0 Å². The Bertz CT molecular complexity index is 411. The lowest BCUT2D eigenvalue weighted by molar-refractivity contribution is -0.138. The van der Waals surface area contributed by atoms with Crippen molar-refractivity contribution in [3.05, 3.63) is 17.5 Å². The van der Waals surface area contributed by atoms with Gasteiger partial charge >= 0.3 is 0 Å². The van der Waals surface area contributed by atoms with Gasteiger partial charge in [-0.05, 0) is 19.8 Å². The van der Waals surface area contributed by atoms with E-state index in [0.29, 0.717) is 6.54 Å². The normalized spacial score (nSPS) is 16.5. The quantitative estimate of drug-likeness (QED) is 0.820. The Morgan fingerprint density at radius 2 is 2.21 bits per heavy atom. The summed E-state index contributed by atoms with van der Waals surface area (Å²) in [5.41, 5.74) is 0.769. The maximum atomic E-state index is 11.9. The Morgan fingerprint density at radius 1 is 1.47 bits per heavy atom. The van der Waals surface area contributed by atoms with E-state index in [0.717, 1.165) is 24.3 Å². The van der Waals surface area contributed by atoms with Crippen LogP contribution in [-0.4, -0.2) is 35.7 Å². The highest BCUT2D eigenvalue weighted by Gasteiger charge is 2.17. The summed E-state index contributed by atoms with van der Waals surface area (Å²) in [5.74, 6) is 0.750. The number of nitrogens with zero attached hydrogens (tertiary/aromatic N) is 2. The molecule has 0 atom stereocenters. The number of ether oxygens (including phenoxy) is 1. The van der Waals surface area contributed by atoms with Crippen LogP contribution < -0.4 is 0 Å². The maximum absolute atomic E-state index is 11.9. The minimum atomic E-state index is -0.00812. The first-order valence-corrected chi connectivity index (χ1v) is 6.93. The topological polar surface area (TPSA) is 55.6 Å². The number of hydrogen-bond donors (Lipinski definition) is 0. The van der Waals surface area contributed by atoms with Crippen LogP contribution in [0.15, 0.2) is 10.6 Å². The van der Waals surface area contributed by atoms with E-state index in [-0.39, 0.29) is 18.6 Å². The third kappa shape index (κ3) is 4.35. The highest BCUT2D eigenvalue weighted by Crippen LogP contribution is 2.20. The Kier molecular flexibility index (Phi) is 4.96. The SMILES string of the molecule is Cc1cc(CN(C)C(=O)COC2CCCCC2)no1. The second-order valence-corrected chi connectivity index (χ2v) is 5.25. The first-order chi connectivity index (χ1) is 9.15. The summed E-state index contributed by atoms with van der Waals surface area (Å²) in [4.78, 5) is 13.6. The van der Waals surface area contributed by atoms with E-state index in [1.165, 1.54) is 19.3 Å². The molecule has 1 aliphatic rings. The van der Waals surface area contributed by atoms with Crippen molar-refractivity contribution in [1.29, 1.82) is 0 Å². The fourth-order valence-electron chi connectivity index (χ4n) is 2.35. The van der Waals surface area contributed by atoms with Crippen LogP contribution in [0, 0.1) is 6.92 Å². The predicted molar refractivity (Wildman–Crippen MR) is 70.5 cm³/mol. The molecule has 19 heavy (non-hydrogen) atoms. The number of rotatable bonds is 5. The Morgan fingerprint density at radius 3 is 2.84 bits per heavy atom. The predicted octanol–water partition coefficient (Wildman–Crippen LogP) is 2.29. The standard InChI is InChI=1S/C14H22N2O3/c1-11-8-12(15-19-11)9-16(2)14(17)10-18-13-6-4-3-5-7-13/h8,13H,3-7,9-10H2,1-2H3. The summed E-state index contributed by atoms with van der Waals surface area (Å²) in [6.07, 6.45) is 6.15. The summed E-state index contributed by atoms with van der Waals surface area (Å²) in [5, 5.41) is 3.88. The molecule has 2 rings (SSSR count). The van der Waals surface area contributed by atoms with E-state index in [1.807, 2.05) is 13.0 Å². The van der Waals surface area contributed by atoms with Crippen molar-refractivity contribution in [2.24, 2.45) is 0 Å². The van der Waals surface area contributed by atoms with Crippen molar-refractivity contribution >= 4 is 5.91 Å². The van der Waals surface area contributed by atoms with Crippen molar-refractivity contribution in [1.82, 2.24) is 10.1 Å². The molecule has 106 valence electrons. The average molecular weight is 266 g/mol. The molecule has 1 aliphatic carbocycles. The summed E-state index contributed by atoms with van der Waals surface area (Å²) in [7, 11) is 1.76. The van der Waals surface area contributed by atoms with Gasteiger partial charge in [0.25, 0.3) is 0 Å². The average Bonchev–Trinajstić information content (AvgIpc) is 2.82. The van der Waals surface area contributed by atoms with Crippen LogP contribution in [0.2, 0.25) is 0 Å². The molecule has 5 nitrogen and oxygen atoms in total. The number of hydrogen-bond acceptors (Lipinski definition) is 4. The molecular formula is C14H22N2O3. The molecule has 0 saturated heterocycles. The molecular weight excluding hydrogens is 244 g/mol. The molecule has 1 heterocycles. The van der Waals surface area contributed by atoms with Crippen LogP contribution in [0.4, 0.5) is 0 Å². The molecule has 1 fully saturated rings. The number of carbonyl (C=O) groups is 1. The van der Waals surface area contributed by atoms with Crippen molar-refractivity contribution in [2.75, 3.05) is 13.7 Å². The van der Waals surface area contributed by atoms with Crippen molar-refractivity contribution < 1.29 is 14.1 Å². The van der Waals surface area contributed by atoms with Gasteiger partial charge in [-0.25, -0.2) is 0 Å². The molecule has 0 aliphatic heterocycles. The molecule has 1 amide bonds. The largest absolute Gasteiger partial charge is 0.368 e. The van der Waals surface area contributed by atoms with Gasteiger partial charge in [0.15, 0.2) is 0 Å². The molecule has 0 aromatic carbocycles. The van der Waals surface area contributed by atoms with Crippen LogP contribution in [0.1, 0.15) is 43.6 Å². The maximum Gasteiger partial charge on any atom is 0.248 e. The van der Waals surface area contributed by atoms with Crippen LogP contribution in [-0.2, 0) is 16.1 Å². The Labute approximate surface area is 113 Å². The zero-order chi connectivity index (χ0) is 13.7. The summed E-state index contributed by atoms with van der Waals surface area (Å²) in [6.45, 7) is 2.46. The highest BCUT2D eigenvalue weighted by molar-refractivity contribution is 5.77. The Balaban J connectivity index is 1.72. The molecule has 1 saturated carbocycles. The lowest BCUT2D eigenvalue weighted by Gasteiger charge is -2.23. The van der Waals surface area contributed by atoms with E-state index in [9.17, 15) is 4.79 Å². The highest BCUT2D eigenvalue weighted by atomic mass is 16.5. The van der Waals surface area contributed by atoms with Gasteiger partial charge in [-0.3, -0.25) is 4.79 Å². The molecule has 0 bridgehead atoms. The first kappa shape index (κ1) is 14.1. The van der Waals surface area contributed by atoms with Gasteiger partial charge in [0.1, 0.15) is 18.1 Å². The minimum absolute atomic E-state index is 0.00812. The monoisotopic (exact) mass is 266 g/mol. The van der Waals surface area contributed by atoms with Gasteiger partial charge in [-0.15, -0.1) is 0 Å². The lowest BCUT2D eigenvalue weighted by atomic mass is 9.98. The second-order valence-electron chi connectivity index (χ2n) is 5.25. The van der Waals surface area contributed by atoms with E-state index in [2.05, 4.69) is 5.16 Å². The van der Waals surface area contributed by atoms with E-state index < -0.39 is 0 Å². The number of likely N-dealkylation sites (N-methyl/N-ethyl adjacent to an activating group) is 1. The first-order valence-electron chi connectivity index (χ1n) is 6.93. The fourth-order valence-corrected chi connectivity index (χ4v) is 2.35. The lowest BCUT2D eigenvalue weighted by Crippen LogP contribution is -2.32. The molecule has 0 N–H and O–H groups in total. The summed E-state index contributed by atoms with van der Waals surface area (Å²) in [6, 6.07) is 1.84. The van der Waals surface area contributed by atoms with Gasteiger partial charge in [0, 0.05) is 13.1 Å². The zero-order valence-corrected chi connectivity index (χ0v) is 11.7. The van der Waals surface area contributed by atoms with Gasteiger partial charge in [0.2, 0.25) is 5.91 Å². The number of aryl methyl sites for hydroxylation is 1. The second kappa shape index (κ2) is 6.70. The van der Waals surface area contributed by atoms with Gasteiger partial charge in [-0.1, -0.05) is 24.4 Å². The van der Waals surface area contributed by atoms with Gasteiger partial charge < -0.3 is 14.2 Å². The summed E-state index contributed by atoms with van der Waals surface area (Å²) < 4.78 is 10.7.